The zero-order valence-electron chi connectivity index (χ0n) is 24.0. The first kappa shape index (κ1) is 31.5. The Balaban J connectivity index is 3.27. The van der Waals surface area contributed by atoms with Gasteiger partial charge in [-0.2, -0.15) is 0 Å². The minimum absolute atomic E-state index is 0.0650. The van der Waals surface area contributed by atoms with Crippen LogP contribution in [-0.4, -0.2) is 18.8 Å². The number of halogens is 6. The van der Waals surface area contributed by atoms with E-state index in [0.717, 1.165) is 12.4 Å². The molecule has 0 saturated carbocycles. The first-order valence-electron chi connectivity index (χ1n) is 12.9. The molecule has 3 aromatic rings. The Morgan fingerprint density at radius 2 is 0.795 bits per heavy atom. The molecule has 1 heterocycles. The van der Waals surface area contributed by atoms with E-state index in [4.69, 9.17) is 0 Å². The maximum absolute atomic E-state index is 16.9. The van der Waals surface area contributed by atoms with Crippen LogP contribution in [0.15, 0.2) is 48.8 Å². The zero-order chi connectivity index (χ0) is 29.8. The molecule has 0 atom stereocenters. The molecule has 0 amide bonds. The molecule has 2 nitrogen and oxygen atoms in total. The van der Waals surface area contributed by atoms with Gasteiger partial charge in [-0.1, -0.05) is 0 Å². The first-order chi connectivity index (χ1) is 17.8. The van der Waals surface area contributed by atoms with Crippen LogP contribution in [-0.2, 0) is 14.0 Å². The van der Waals surface area contributed by atoms with Gasteiger partial charge in [0.05, 0.1) is 0 Å². The second-order valence-electron chi connectivity index (χ2n) is 11.2. The number of alkyl halides is 6. The van der Waals surface area contributed by atoms with Crippen molar-refractivity contribution in [1.29, 1.82) is 0 Å². The first-order valence-corrected chi connectivity index (χ1v) is 20.4. The number of hydrogen-bond donors (Lipinski definition) is 2. The topological polar surface area (TPSA) is 31.6 Å². The van der Waals surface area contributed by atoms with Gasteiger partial charge in [-0.05, 0) is 0 Å². The summed E-state index contributed by atoms with van der Waals surface area (Å²) in [5, 5.41) is 0.563. The van der Waals surface area contributed by atoms with Crippen molar-refractivity contribution in [2.24, 2.45) is 0 Å². The fraction of sp³-hybridized carbons (Fsp3) is 0.500. The van der Waals surface area contributed by atoms with E-state index in [2.05, 4.69) is 9.97 Å². The second kappa shape index (κ2) is 9.52. The minimum atomic E-state index is -9.09. The van der Waals surface area contributed by atoms with Crippen LogP contribution in [0.1, 0.15) is 101 Å². The Morgan fingerprint density at radius 1 is 0.538 bits per heavy atom. The van der Waals surface area contributed by atoms with E-state index in [1.807, 2.05) is 0 Å². The van der Waals surface area contributed by atoms with Crippen LogP contribution in [0.3, 0.4) is 0 Å². The van der Waals surface area contributed by atoms with Crippen LogP contribution in [0.5, 0.6) is 0 Å². The number of benzene rings is 2. The van der Waals surface area contributed by atoms with E-state index in [1.54, 1.807) is 67.5 Å². The molecule has 0 unspecified atom stereocenters. The van der Waals surface area contributed by atoms with Crippen molar-refractivity contribution in [3.8, 4) is 0 Å². The summed E-state index contributed by atoms with van der Waals surface area (Å²) < 4.78 is 88.0. The Kier molecular flexibility index (Phi) is 7.69. The second-order valence-corrected chi connectivity index (χ2v) is 27.8. The predicted octanol–water partition coefficient (Wildman–Crippen LogP) is 9.33. The molecule has 0 aliphatic rings. The molecule has 0 aliphatic carbocycles. The van der Waals surface area contributed by atoms with Gasteiger partial charge in [-0.15, -0.1) is 0 Å². The van der Waals surface area contributed by atoms with Crippen molar-refractivity contribution >= 4 is 7.56 Å². The van der Waals surface area contributed by atoms with Gasteiger partial charge in [0.2, 0.25) is 0 Å². The van der Waals surface area contributed by atoms with Gasteiger partial charge in [0, 0.05) is 0 Å². The van der Waals surface area contributed by atoms with Gasteiger partial charge in [-0.3, -0.25) is 0 Å². The van der Waals surface area contributed by atoms with E-state index >= 15 is 26.3 Å². The number of H-pyrrole nitrogens is 2. The molecule has 0 bridgehead atoms. The third-order valence-corrected chi connectivity index (χ3v) is 27.6. The molecule has 1 aromatic heterocycles. The van der Waals surface area contributed by atoms with Crippen LogP contribution in [0, 0.1) is 3.63 Å². The normalized spacial score (nSPS) is 15.4. The Labute approximate surface area is 225 Å². The quantitative estimate of drug-likeness (QED) is 0.187. The predicted molar refractivity (Wildman–Crippen MR) is 145 cm³/mol. The Morgan fingerprint density at radius 3 is 1.00 bits per heavy atom. The molecular weight excluding hydrogens is 699 g/mol. The monoisotopic (exact) mass is 740 g/mol. The molecule has 224 valence electrons. The van der Waals surface area contributed by atoms with Gasteiger partial charge in [0.15, 0.2) is 0 Å². The number of aromatic amines is 2. The molecule has 0 radical (unpaired) electrons. The maximum atomic E-state index is 16.9. The average molecular weight is 741 g/mol. The summed E-state index contributed by atoms with van der Waals surface area (Å²) in [6.45, 7) is 13.3. The standard InChI is InChI=1S/2C12H17.C3H4N2.2CF3.CH3.Au/c2*1-9(2)11-6-5-7-12(8-11)10(3)4;1-2-5-3-4-1;2*2-1(3)4;;/h2*5-7,9-10H,1-4H3;1-2,4-5H;;;1H3;. The molecule has 39 heavy (non-hydrogen) atoms. The third kappa shape index (κ3) is 3.50. The van der Waals surface area contributed by atoms with Crippen molar-refractivity contribution in [3.05, 3.63) is 74.7 Å². The molecule has 9 heteroatoms. The third-order valence-electron chi connectivity index (χ3n) is 7.38. The summed E-state index contributed by atoms with van der Waals surface area (Å²) in [7, 11) is 0. The number of aromatic nitrogens is 2. The number of hydrogen-bond acceptors (Lipinski definition) is 0. The summed E-state index contributed by atoms with van der Waals surface area (Å²) in [6, 6.07) is 8.96. The van der Waals surface area contributed by atoms with E-state index < -0.39 is 57.7 Å². The summed E-state index contributed by atoms with van der Waals surface area (Å²) in [6.07, 6.45) is 2.27. The van der Waals surface area contributed by atoms with Gasteiger partial charge >= 0.3 is 226 Å². The van der Waals surface area contributed by atoms with Gasteiger partial charge in [-0.25, -0.2) is 0 Å². The van der Waals surface area contributed by atoms with Crippen LogP contribution < -0.4 is 7.56 Å². The zero-order valence-corrected chi connectivity index (χ0v) is 26.2. The SMILES string of the molecule is CC(C)c1cccc(C(C)C)[c]1[Au]([CH3])([c]1c(C(C)C)cccc1C(C)C)(=[c]1[nH]cc[nH]1)([C](F)(F)F)[C](F)(F)F. The van der Waals surface area contributed by atoms with E-state index in [-0.39, 0.29) is 22.3 Å². The van der Waals surface area contributed by atoms with Crippen LogP contribution in [0.2, 0.25) is 5.14 Å². The van der Waals surface area contributed by atoms with Crippen molar-refractivity contribution in [2.45, 2.75) is 93.0 Å². The Hall–Kier alpha value is -2.03. The molecule has 0 saturated heterocycles. The number of rotatable bonds is 6. The van der Waals surface area contributed by atoms with Gasteiger partial charge in [0.1, 0.15) is 0 Å². The van der Waals surface area contributed by atoms with Crippen LogP contribution in [0.25, 0.3) is 0 Å². The number of nitrogens with one attached hydrogen (secondary N) is 2. The molecule has 2 N–H and O–H groups in total. The van der Waals surface area contributed by atoms with Crippen molar-refractivity contribution < 1.29 is 40.4 Å². The van der Waals surface area contributed by atoms with Crippen LogP contribution in [0.4, 0.5) is 26.3 Å². The molecule has 3 rings (SSSR count). The van der Waals surface area contributed by atoms with E-state index in [0.29, 0.717) is 5.14 Å². The molecular formula is C30H41AuF6N2. The number of imidazole rings is 1. The average Bonchev–Trinajstić information content (AvgIpc) is 3.37. The van der Waals surface area contributed by atoms with Crippen molar-refractivity contribution in [2.75, 3.05) is 0 Å². The summed E-state index contributed by atoms with van der Waals surface area (Å²) in [5.41, 5.74) is 0.260. The Bertz CT molecular complexity index is 1340. The van der Waals surface area contributed by atoms with Gasteiger partial charge < -0.3 is 0 Å². The molecule has 0 spiro atoms. The fourth-order valence-corrected chi connectivity index (χ4v) is 24.2. The van der Waals surface area contributed by atoms with Gasteiger partial charge in [0.25, 0.3) is 0 Å². The summed E-state index contributed by atoms with van der Waals surface area (Å²) in [5.74, 6) is -2.43. The molecule has 2 aromatic carbocycles. The van der Waals surface area contributed by atoms with Crippen molar-refractivity contribution in [3.63, 3.8) is 0 Å². The van der Waals surface area contributed by atoms with Crippen LogP contribution >= 0.6 is 0 Å². The summed E-state index contributed by atoms with van der Waals surface area (Å²) >= 11 is -9.09. The van der Waals surface area contributed by atoms with E-state index in [1.165, 1.54) is 24.3 Å². The fourth-order valence-electron chi connectivity index (χ4n) is 5.21. The molecule has 0 fully saturated rings. The molecule has 0 aliphatic heterocycles. The van der Waals surface area contributed by atoms with Crippen molar-refractivity contribution in [1.82, 2.24) is 9.97 Å². The van der Waals surface area contributed by atoms with E-state index in [9.17, 15) is 0 Å². The summed E-state index contributed by atoms with van der Waals surface area (Å²) in [4.78, 5) is 5.04.